The highest BCUT2D eigenvalue weighted by molar-refractivity contribution is 9.09. The van der Waals surface area contributed by atoms with Crippen LogP contribution in [0.1, 0.15) is 51.9 Å². The first kappa shape index (κ1) is 15.0. The largest absolute Gasteiger partial charge is 0.378 e. The van der Waals surface area contributed by atoms with E-state index in [4.69, 9.17) is 4.74 Å². The van der Waals surface area contributed by atoms with E-state index in [1.54, 1.807) is 0 Å². The Morgan fingerprint density at radius 2 is 2.35 bits per heavy atom. The number of carbonyl (C=O) groups is 1. The van der Waals surface area contributed by atoms with Crippen molar-refractivity contribution in [1.29, 1.82) is 0 Å². The van der Waals surface area contributed by atoms with Crippen molar-refractivity contribution in [2.45, 2.75) is 64.0 Å². The molecule has 0 radical (unpaired) electrons. The highest BCUT2D eigenvalue weighted by Gasteiger charge is 2.15. The van der Waals surface area contributed by atoms with Crippen molar-refractivity contribution in [3.05, 3.63) is 0 Å². The monoisotopic (exact) mass is 305 g/mol. The van der Waals surface area contributed by atoms with Gasteiger partial charge in [-0.3, -0.25) is 4.79 Å². The summed E-state index contributed by atoms with van der Waals surface area (Å²) in [4.78, 5) is 11.7. The fourth-order valence-corrected chi connectivity index (χ4v) is 2.45. The molecule has 0 spiro atoms. The van der Waals surface area contributed by atoms with E-state index in [9.17, 15) is 4.79 Å². The Balaban J connectivity index is 2.07. The minimum Gasteiger partial charge on any atom is -0.378 e. The smallest absolute Gasteiger partial charge is 0.220 e. The van der Waals surface area contributed by atoms with E-state index >= 15 is 0 Å². The molecular weight excluding hydrogens is 282 g/mol. The second kappa shape index (κ2) is 8.92. The van der Waals surface area contributed by atoms with E-state index in [0.717, 1.165) is 37.6 Å². The standard InChI is InChI=1S/C13H24BrNO2/c1-11(5-4-9-14)15-13(16)8-7-12-6-2-3-10-17-12/h11-12H,2-10H2,1H3,(H,15,16). The second-order valence-corrected chi connectivity index (χ2v) is 5.62. The minimum atomic E-state index is 0.168. The fraction of sp³-hybridized carbons (Fsp3) is 0.923. The Morgan fingerprint density at radius 1 is 1.53 bits per heavy atom. The zero-order valence-electron chi connectivity index (χ0n) is 10.7. The topological polar surface area (TPSA) is 38.3 Å². The molecule has 2 unspecified atom stereocenters. The Labute approximate surface area is 113 Å². The predicted octanol–water partition coefficient (Wildman–Crippen LogP) is 3.02. The highest BCUT2D eigenvalue weighted by Crippen LogP contribution is 2.16. The molecule has 100 valence electrons. The lowest BCUT2D eigenvalue weighted by Crippen LogP contribution is -2.33. The van der Waals surface area contributed by atoms with Crippen LogP contribution < -0.4 is 5.32 Å². The van der Waals surface area contributed by atoms with Gasteiger partial charge in [-0.25, -0.2) is 0 Å². The van der Waals surface area contributed by atoms with Gasteiger partial charge in [0.05, 0.1) is 6.10 Å². The molecule has 3 nitrogen and oxygen atoms in total. The summed E-state index contributed by atoms with van der Waals surface area (Å²) in [6, 6.07) is 0.285. The number of carbonyl (C=O) groups excluding carboxylic acids is 1. The maximum absolute atomic E-state index is 11.7. The third kappa shape index (κ3) is 7.04. The van der Waals surface area contributed by atoms with Crippen LogP contribution in [-0.4, -0.2) is 30.0 Å². The van der Waals surface area contributed by atoms with E-state index < -0.39 is 0 Å². The van der Waals surface area contributed by atoms with Crippen LogP contribution in [0.5, 0.6) is 0 Å². The molecule has 0 saturated carbocycles. The minimum absolute atomic E-state index is 0.168. The predicted molar refractivity (Wildman–Crippen MR) is 73.5 cm³/mol. The van der Waals surface area contributed by atoms with Gasteiger partial charge in [0.25, 0.3) is 0 Å². The summed E-state index contributed by atoms with van der Waals surface area (Å²) in [5, 5.41) is 4.04. The van der Waals surface area contributed by atoms with Crippen molar-refractivity contribution in [3.63, 3.8) is 0 Å². The van der Waals surface area contributed by atoms with Gasteiger partial charge in [-0.1, -0.05) is 15.9 Å². The Morgan fingerprint density at radius 3 is 3.00 bits per heavy atom. The summed E-state index contributed by atoms with van der Waals surface area (Å²) in [5.74, 6) is 0.168. The molecule has 0 aromatic carbocycles. The fourth-order valence-electron chi connectivity index (χ4n) is 2.13. The summed E-state index contributed by atoms with van der Waals surface area (Å²) < 4.78 is 5.61. The third-order valence-corrected chi connectivity index (χ3v) is 3.71. The van der Waals surface area contributed by atoms with Gasteiger partial charge in [0, 0.05) is 24.4 Å². The molecule has 1 N–H and O–H groups in total. The molecule has 0 aliphatic carbocycles. The maximum Gasteiger partial charge on any atom is 0.220 e. The zero-order valence-corrected chi connectivity index (χ0v) is 12.3. The average molecular weight is 306 g/mol. The number of nitrogens with one attached hydrogen (secondary N) is 1. The van der Waals surface area contributed by atoms with Crippen LogP contribution in [0.25, 0.3) is 0 Å². The molecule has 1 rings (SSSR count). The molecule has 0 bridgehead atoms. The number of hydrogen-bond acceptors (Lipinski definition) is 2. The number of alkyl halides is 1. The van der Waals surface area contributed by atoms with Crippen LogP contribution in [-0.2, 0) is 9.53 Å². The average Bonchev–Trinajstić information content (AvgIpc) is 2.35. The van der Waals surface area contributed by atoms with Gasteiger partial charge in [0.2, 0.25) is 5.91 Å². The van der Waals surface area contributed by atoms with Crippen molar-refractivity contribution in [3.8, 4) is 0 Å². The van der Waals surface area contributed by atoms with Gasteiger partial charge < -0.3 is 10.1 Å². The van der Waals surface area contributed by atoms with E-state index in [0.29, 0.717) is 12.5 Å². The quantitative estimate of drug-likeness (QED) is 0.734. The number of hydrogen-bond donors (Lipinski definition) is 1. The molecule has 1 saturated heterocycles. The maximum atomic E-state index is 11.7. The van der Waals surface area contributed by atoms with Gasteiger partial charge in [-0.05, 0) is 45.4 Å². The summed E-state index contributed by atoms with van der Waals surface area (Å²) in [6.07, 6.45) is 7.46. The van der Waals surface area contributed by atoms with Crippen LogP contribution in [0.2, 0.25) is 0 Å². The molecule has 4 heteroatoms. The van der Waals surface area contributed by atoms with Crippen LogP contribution in [0, 0.1) is 0 Å². The number of halogens is 1. The first-order chi connectivity index (χ1) is 8.22. The van der Waals surface area contributed by atoms with E-state index in [-0.39, 0.29) is 11.9 Å². The normalized spacial score (nSPS) is 22.1. The van der Waals surface area contributed by atoms with Crippen molar-refractivity contribution in [2.75, 3.05) is 11.9 Å². The summed E-state index contributed by atoms with van der Waals surface area (Å²) in [5.41, 5.74) is 0. The van der Waals surface area contributed by atoms with Gasteiger partial charge in [0.1, 0.15) is 0 Å². The van der Waals surface area contributed by atoms with Crippen LogP contribution in [0.15, 0.2) is 0 Å². The lowest BCUT2D eigenvalue weighted by molar-refractivity contribution is -0.122. The lowest BCUT2D eigenvalue weighted by atomic mass is 10.0. The SMILES string of the molecule is CC(CCCBr)NC(=O)CCC1CCCCO1. The number of rotatable bonds is 7. The van der Waals surface area contributed by atoms with E-state index in [1.165, 1.54) is 12.8 Å². The Hall–Kier alpha value is -0.0900. The van der Waals surface area contributed by atoms with Gasteiger partial charge in [-0.15, -0.1) is 0 Å². The summed E-state index contributed by atoms with van der Waals surface area (Å²) in [7, 11) is 0. The van der Waals surface area contributed by atoms with Gasteiger partial charge in [-0.2, -0.15) is 0 Å². The van der Waals surface area contributed by atoms with Gasteiger partial charge >= 0.3 is 0 Å². The third-order valence-electron chi connectivity index (χ3n) is 3.15. The second-order valence-electron chi connectivity index (χ2n) is 4.83. The molecule has 17 heavy (non-hydrogen) atoms. The van der Waals surface area contributed by atoms with Crippen molar-refractivity contribution < 1.29 is 9.53 Å². The molecule has 0 aromatic heterocycles. The van der Waals surface area contributed by atoms with Crippen LogP contribution in [0.3, 0.4) is 0 Å². The van der Waals surface area contributed by atoms with Gasteiger partial charge in [0.15, 0.2) is 0 Å². The van der Waals surface area contributed by atoms with Crippen molar-refractivity contribution in [1.82, 2.24) is 5.32 Å². The zero-order chi connectivity index (χ0) is 12.5. The highest BCUT2D eigenvalue weighted by atomic mass is 79.9. The molecule has 1 aliphatic heterocycles. The van der Waals surface area contributed by atoms with Crippen LogP contribution >= 0.6 is 15.9 Å². The molecule has 1 aliphatic rings. The molecule has 1 fully saturated rings. The summed E-state index contributed by atoms with van der Waals surface area (Å²) in [6.45, 7) is 2.94. The molecular formula is C13H24BrNO2. The lowest BCUT2D eigenvalue weighted by Gasteiger charge is -2.22. The number of amides is 1. The molecule has 1 amide bonds. The Kier molecular flexibility index (Phi) is 7.86. The first-order valence-electron chi connectivity index (χ1n) is 6.69. The van der Waals surface area contributed by atoms with Crippen molar-refractivity contribution >= 4 is 21.8 Å². The van der Waals surface area contributed by atoms with Crippen molar-refractivity contribution in [2.24, 2.45) is 0 Å². The van der Waals surface area contributed by atoms with Crippen LogP contribution in [0.4, 0.5) is 0 Å². The Bertz CT molecular complexity index is 217. The summed E-state index contributed by atoms with van der Waals surface area (Å²) >= 11 is 3.40. The molecule has 1 heterocycles. The molecule has 2 atom stereocenters. The number of ether oxygens (including phenoxy) is 1. The van der Waals surface area contributed by atoms with E-state index in [2.05, 4.69) is 28.2 Å². The van der Waals surface area contributed by atoms with E-state index in [1.807, 2.05) is 0 Å². The first-order valence-corrected chi connectivity index (χ1v) is 7.81. The molecule has 0 aromatic rings.